The van der Waals surface area contributed by atoms with Crippen LogP contribution in [0.1, 0.15) is 24.0 Å². The van der Waals surface area contributed by atoms with Crippen molar-refractivity contribution in [2.24, 2.45) is 0 Å². The molecule has 1 unspecified atom stereocenters. The summed E-state index contributed by atoms with van der Waals surface area (Å²) in [5.41, 5.74) is 2.13. The monoisotopic (exact) mass is 324 g/mol. The zero-order valence-corrected chi connectivity index (χ0v) is 13.8. The third-order valence-electron chi connectivity index (χ3n) is 4.46. The summed E-state index contributed by atoms with van der Waals surface area (Å²) in [6, 6.07) is 17.0. The molecule has 1 fully saturated rings. The molecule has 4 heteroatoms. The predicted octanol–water partition coefficient (Wildman–Crippen LogP) is 2.72. The Balaban J connectivity index is 1.69. The number of benzene rings is 2. The summed E-state index contributed by atoms with van der Waals surface area (Å²) in [7, 11) is 0. The lowest BCUT2D eigenvalue weighted by Crippen LogP contribution is -2.46. The van der Waals surface area contributed by atoms with E-state index in [0.29, 0.717) is 13.0 Å². The predicted molar refractivity (Wildman–Crippen MR) is 94.7 cm³/mol. The molecule has 24 heavy (non-hydrogen) atoms. The first-order valence-electron chi connectivity index (χ1n) is 8.56. The van der Waals surface area contributed by atoms with E-state index in [2.05, 4.69) is 17.4 Å². The van der Waals surface area contributed by atoms with Crippen molar-refractivity contribution < 1.29 is 9.90 Å². The van der Waals surface area contributed by atoms with Crippen LogP contribution in [0.15, 0.2) is 54.6 Å². The van der Waals surface area contributed by atoms with Gasteiger partial charge in [-0.25, -0.2) is 0 Å². The summed E-state index contributed by atoms with van der Waals surface area (Å²) in [6.07, 6.45) is 2.86. The smallest absolute Gasteiger partial charge is 0.240 e. The van der Waals surface area contributed by atoms with Crippen molar-refractivity contribution in [2.75, 3.05) is 13.1 Å². The molecule has 0 aliphatic carbocycles. The van der Waals surface area contributed by atoms with Crippen LogP contribution in [-0.2, 0) is 17.8 Å². The highest BCUT2D eigenvalue weighted by Crippen LogP contribution is 2.14. The van der Waals surface area contributed by atoms with Crippen LogP contribution in [-0.4, -0.2) is 35.0 Å². The molecule has 1 atom stereocenters. The number of phenols is 1. The van der Waals surface area contributed by atoms with E-state index in [-0.39, 0.29) is 17.7 Å². The van der Waals surface area contributed by atoms with Crippen LogP contribution in [0.25, 0.3) is 0 Å². The summed E-state index contributed by atoms with van der Waals surface area (Å²) in [5, 5.41) is 13.0. The molecule has 0 aromatic heterocycles. The number of hydrogen-bond acceptors (Lipinski definition) is 3. The van der Waals surface area contributed by atoms with Crippen molar-refractivity contribution in [3.05, 3.63) is 65.7 Å². The number of nitrogens with zero attached hydrogens (tertiary/aromatic N) is 1. The third-order valence-corrected chi connectivity index (χ3v) is 4.46. The van der Waals surface area contributed by atoms with Gasteiger partial charge in [0.25, 0.3) is 0 Å². The van der Waals surface area contributed by atoms with Gasteiger partial charge in [0.1, 0.15) is 5.75 Å². The van der Waals surface area contributed by atoms with Crippen molar-refractivity contribution >= 4 is 5.91 Å². The molecule has 126 valence electrons. The van der Waals surface area contributed by atoms with Crippen molar-refractivity contribution in [3.63, 3.8) is 0 Å². The van der Waals surface area contributed by atoms with Crippen LogP contribution >= 0.6 is 0 Å². The lowest BCUT2D eigenvalue weighted by atomic mass is 10.0. The Hall–Kier alpha value is -2.33. The highest BCUT2D eigenvalue weighted by Gasteiger charge is 2.26. The SMILES string of the molecule is O=C(C(Cc1ccccc1)NCc1cccc(O)c1)N1CCCC1. The summed E-state index contributed by atoms with van der Waals surface area (Å²) >= 11 is 0. The number of carbonyl (C=O) groups excluding carboxylic acids is 1. The fourth-order valence-corrected chi connectivity index (χ4v) is 3.16. The van der Waals surface area contributed by atoms with E-state index in [0.717, 1.165) is 37.1 Å². The third kappa shape index (κ3) is 4.36. The van der Waals surface area contributed by atoms with Gasteiger partial charge in [0.2, 0.25) is 5.91 Å². The van der Waals surface area contributed by atoms with E-state index in [4.69, 9.17) is 0 Å². The molecule has 0 saturated carbocycles. The molecule has 1 amide bonds. The first-order valence-corrected chi connectivity index (χ1v) is 8.56. The number of likely N-dealkylation sites (tertiary alicyclic amines) is 1. The van der Waals surface area contributed by atoms with Crippen molar-refractivity contribution in [1.82, 2.24) is 10.2 Å². The molecule has 4 nitrogen and oxygen atoms in total. The van der Waals surface area contributed by atoms with E-state index in [1.54, 1.807) is 12.1 Å². The summed E-state index contributed by atoms with van der Waals surface area (Å²) in [5.74, 6) is 0.427. The topological polar surface area (TPSA) is 52.6 Å². The molecular formula is C20H24N2O2. The molecule has 0 bridgehead atoms. The van der Waals surface area contributed by atoms with Crippen LogP contribution in [0.3, 0.4) is 0 Å². The number of phenolic OH excluding ortho intramolecular Hbond substituents is 1. The maximum absolute atomic E-state index is 12.9. The quantitative estimate of drug-likeness (QED) is 0.859. The van der Waals surface area contributed by atoms with Crippen LogP contribution in [0, 0.1) is 0 Å². The minimum absolute atomic E-state index is 0.177. The van der Waals surface area contributed by atoms with Crippen LogP contribution in [0.5, 0.6) is 5.75 Å². The van der Waals surface area contributed by atoms with E-state index in [1.807, 2.05) is 35.2 Å². The number of hydrogen-bond donors (Lipinski definition) is 2. The van der Waals surface area contributed by atoms with E-state index in [1.165, 1.54) is 0 Å². The fourth-order valence-electron chi connectivity index (χ4n) is 3.16. The maximum Gasteiger partial charge on any atom is 0.240 e. The number of rotatable bonds is 6. The average Bonchev–Trinajstić information content (AvgIpc) is 3.13. The lowest BCUT2D eigenvalue weighted by molar-refractivity contribution is -0.132. The molecule has 3 rings (SSSR count). The summed E-state index contributed by atoms with van der Waals surface area (Å²) < 4.78 is 0. The molecule has 0 radical (unpaired) electrons. The maximum atomic E-state index is 12.9. The Morgan fingerprint density at radius 3 is 2.46 bits per heavy atom. The average molecular weight is 324 g/mol. The molecule has 2 N–H and O–H groups in total. The number of nitrogens with one attached hydrogen (secondary N) is 1. The molecule has 2 aromatic carbocycles. The Bertz CT molecular complexity index is 666. The second kappa shape index (κ2) is 7.97. The molecule has 1 aliphatic heterocycles. The molecule has 2 aromatic rings. The van der Waals surface area contributed by atoms with Crippen molar-refractivity contribution in [3.8, 4) is 5.75 Å². The van der Waals surface area contributed by atoms with Gasteiger partial charge in [-0.1, -0.05) is 42.5 Å². The van der Waals surface area contributed by atoms with E-state index < -0.39 is 0 Å². The zero-order valence-electron chi connectivity index (χ0n) is 13.8. The van der Waals surface area contributed by atoms with Gasteiger partial charge in [0, 0.05) is 19.6 Å². The Morgan fingerprint density at radius 2 is 1.75 bits per heavy atom. The Kier molecular flexibility index (Phi) is 5.49. The van der Waals surface area contributed by atoms with Crippen LogP contribution < -0.4 is 5.32 Å². The van der Waals surface area contributed by atoms with E-state index in [9.17, 15) is 9.90 Å². The van der Waals surface area contributed by atoms with Crippen LogP contribution in [0.2, 0.25) is 0 Å². The standard InChI is InChI=1S/C20H24N2O2/c23-18-10-6-9-17(13-18)15-21-19(14-16-7-2-1-3-8-16)20(24)22-11-4-5-12-22/h1-3,6-10,13,19,21,23H,4-5,11-12,14-15H2. The minimum Gasteiger partial charge on any atom is -0.508 e. The number of aromatic hydroxyl groups is 1. The minimum atomic E-state index is -0.243. The molecule has 0 spiro atoms. The zero-order chi connectivity index (χ0) is 16.8. The lowest BCUT2D eigenvalue weighted by Gasteiger charge is -2.24. The van der Waals surface area contributed by atoms with Crippen molar-refractivity contribution in [2.45, 2.75) is 31.8 Å². The Labute approximate surface area is 143 Å². The number of carbonyl (C=O) groups is 1. The molecule has 1 saturated heterocycles. The second-order valence-corrected chi connectivity index (χ2v) is 6.33. The molecule has 1 heterocycles. The molecule has 1 aliphatic rings. The van der Waals surface area contributed by atoms with Gasteiger partial charge in [-0.2, -0.15) is 0 Å². The van der Waals surface area contributed by atoms with Gasteiger partial charge >= 0.3 is 0 Å². The van der Waals surface area contributed by atoms with Crippen LogP contribution in [0.4, 0.5) is 0 Å². The highest BCUT2D eigenvalue weighted by atomic mass is 16.3. The van der Waals surface area contributed by atoms with Gasteiger partial charge < -0.3 is 15.3 Å². The largest absolute Gasteiger partial charge is 0.508 e. The number of amides is 1. The van der Waals surface area contributed by atoms with Gasteiger partial charge in [0.15, 0.2) is 0 Å². The van der Waals surface area contributed by atoms with Crippen molar-refractivity contribution in [1.29, 1.82) is 0 Å². The molecular weight excluding hydrogens is 300 g/mol. The van der Waals surface area contributed by atoms with Gasteiger partial charge in [-0.05, 0) is 42.5 Å². The normalized spacial score (nSPS) is 15.4. The van der Waals surface area contributed by atoms with Gasteiger partial charge in [-0.3, -0.25) is 4.79 Å². The Morgan fingerprint density at radius 1 is 1.04 bits per heavy atom. The van der Waals surface area contributed by atoms with Gasteiger partial charge in [0.05, 0.1) is 6.04 Å². The fraction of sp³-hybridized carbons (Fsp3) is 0.350. The second-order valence-electron chi connectivity index (χ2n) is 6.33. The summed E-state index contributed by atoms with van der Waals surface area (Å²) in [4.78, 5) is 14.8. The van der Waals surface area contributed by atoms with Gasteiger partial charge in [-0.15, -0.1) is 0 Å². The van der Waals surface area contributed by atoms with E-state index >= 15 is 0 Å². The first-order chi connectivity index (χ1) is 11.7. The highest BCUT2D eigenvalue weighted by molar-refractivity contribution is 5.82. The summed E-state index contributed by atoms with van der Waals surface area (Å²) in [6.45, 7) is 2.28. The first kappa shape index (κ1) is 16.5.